The first-order chi connectivity index (χ1) is 9.60. The zero-order valence-corrected chi connectivity index (χ0v) is 11.0. The molecule has 0 aliphatic carbocycles. The summed E-state index contributed by atoms with van der Waals surface area (Å²) in [5.41, 5.74) is 1.65. The fraction of sp³-hybridized carbons (Fsp3) is 0. The van der Waals surface area contributed by atoms with Gasteiger partial charge in [-0.2, -0.15) is 5.26 Å². The second kappa shape index (κ2) is 6.00. The Bertz CT molecular complexity index is 733. The fourth-order valence-electron chi connectivity index (χ4n) is 1.73. The first kappa shape index (κ1) is 13.8. The van der Waals surface area contributed by atoms with Gasteiger partial charge in [-0.1, -0.05) is 35.9 Å². The molecule has 0 saturated carbocycles. The molecule has 0 aliphatic rings. The summed E-state index contributed by atoms with van der Waals surface area (Å²) in [6, 6.07) is 15.1. The zero-order valence-electron chi connectivity index (χ0n) is 10.3. The van der Waals surface area contributed by atoms with E-state index in [9.17, 15) is 15.4 Å². The summed E-state index contributed by atoms with van der Waals surface area (Å²) >= 11 is 5.89. The second-order valence-electron chi connectivity index (χ2n) is 4.03. The molecule has 0 radical (unpaired) electrons. The SMILES string of the molecule is N#C/C(=C\c1cccc([N+](=O)[O-])c1)c1cccc(Cl)c1. The topological polar surface area (TPSA) is 66.9 Å². The quantitative estimate of drug-likeness (QED) is 0.365. The molecule has 0 fully saturated rings. The Morgan fingerprint density at radius 3 is 2.65 bits per heavy atom. The van der Waals surface area contributed by atoms with Gasteiger partial charge in [-0.3, -0.25) is 10.1 Å². The molecule has 2 aromatic rings. The van der Waals surface area contributed by atoms with Gasteiger partial charge in [0, 0.05) is 17.2 Å². The maximum absolute atomic E-state index is 10.7. The summed E-state index contributed by atoms with van der Waals surface area (Å²) in [6.07, 6.45) is 1.60. The molecular weight excluding hydrogens is 276 g/mol. The molecule has 0 heterocycles. The number of nitriles is 1. The van der Waals surface area contributed by atoms with Crippen molar-refractivity contribution < 1.29 is 4.92 Å². The third-order valence-electron chi connectivity index (χ3n) is 2.65. The third-order valence-corrected chi connectivity index (χ3v) is 2.88. The van der Waals surface area contributed by atoms with Crippen LogP contribution in [0.1, 0.15) is 11.1 Å². The summed E-state index contributed by atoms with van der Waals surface area (Å²) in [6.45, 7) is 0. The molecule has 0 saturated heterocycles. The predicted octanol–water partition coefficient (Wildman–Crippen LogP) is 4.31. The summed E-state index contributed by atoms with van der Waals surface area (Å²) in [5, 5.41) is 20.5. The standard InChI is InChI=1S/C15H9ClN2O2/c16-14-5-2-4-12(9-14)13(10-17)7-11-3-1-6-15(8-11)18(19)20/h1-9H/b13-7+. The average Bonchev–Trinajstić information content (AvgIpc) is 2.45. The number of nitro benzene ring substituents is 1. The highest BCUT2D eigenvalue weighted by Gasteiger charge is 2.06. The molecule has 5 heteroatoms. The normalized spacial score (nSPS) is 10.9. The smallest absolute Gasteiger partial charge is 0.258 e. The molecule has 20 heavy (non-hydrogen) atoms. The molecule has 0 N–H and O–H groups in total. The van der Waals surface area contributed by atoms with Crippen molar-refractivity contribution in [2.24, 2.45) is 0 Å². The van der Waals surface area contributed by atoms with E-state index in [1.165, 1.54) is 12.1 Å². The van der Waals surface area contributed by atoms with Crippen LogP contribution in [-0.2, 0) is 0 Å². The Hall–Kier alpha value is -2.64. The van der Waals surface area contributed by atoms with Crippen LogP contribution in [0.5, 0.6) is 0 Å². The summed E-state index contributed by atoms with van der Waals surface area (Å²) < 4.78 is 0. The molecule has 0 amide bonds. The Labute approximate surface area is 120 Å². The van der Waals surface area contributed by atoms with Gasteiger partial charge in [0.25, 0.3) is 5.69 Å². The van der Waals surface area contributed by atoms with Crippen molar-refractivity contribution in [2.75, 3.05) is 0 Å². The van der Waals surface area contributed by atoms with Crippen LogP contribution in [0.3, 0.4) is 0 Å². The second-order valence-corrected chi connectivity index (χ2v) is 4.47. The van der Waals surface area contributed by atoms with Crippen molar-refractivity contribution in [3.63, 3.8) is 0 Å². The van der Waals surface area contributed by atoms with E-state index in [1.807, 2.05) is 0 Å². The van der Waals surface area contributed by atoms with E-state index < -0.39 is 4.92 Å². The maximum atomic E-state index is 10.7. The molecule has 0 unspecified atom stereocenters. The molecule has 2 aromatic carbocycles. The Kier molecular flexibility index (Phi) is 4.14. The molecule has 2 rings (SSSR count). The van der Waals surface area contributed by atoms with Gasteiger partial charge >= 0.3 is 0 Å². The molecule has 0 spiro atoms. The Balaban J connectivity index is 2.44. The van der Waals surface area contributed by atoms with Crippen LogP contribution in [0.15, 0.2) is 48.5 Å². The van der Waals surface area contributed by atoms with E-state index >= 15 is 0 Å². The monoisotopic (exact) mass is 284 g/mol. The number of benzene rings is 2. The van der Waals surface area contributed by atoms with E-state index in [0.717, 1.165) is 0 Å². The van der Waals surface area contributed by atoms with Crippen molar-refractivity contribution in [1.29, 1.82) is 5.26 Å². The lowest BCUT2D eigenvalue weighted by molar-refractivity contribution is -0.384. The Morgan fingerprint density at radius 2 is 2.00 bits per heavy atom. The number of halogens is 1. The summed E-state index contributed by atoms with van der Waals surface area (Å²) in [4.78, 5) is 10.3. The van der Waals surface area contributed by atoms with Crippen LogP contribution in [0, 0.1) is 21.4 Å². The van der Waals surface area contributed by atoms with Crippen molar-refractivity contribution in [1.82, 2.24) is 0 Å². The molecule has 0 atom stereocenters. The number of rotatable bonds is 3. The minimum atomic E-state index is -0.469. The summed E-state index contributed by atoms with van der Waals surface area (Å²) in [5.74, 6) is 0. The van der Waals surface area contributed by atoms with E-state index in [1.54, 1.807) is 42.5 Å². The lowest BCUT2D eigenvalue weighted by atomic mass is 10.0. The lowest BCUT2D eigenvalue weighted by Crippen LogP contribution is -1.88. The van der Waals surface area contributed by atoms with Gasteiger partial charge < -0.3 is 0 Å². The molecule has 98 valence electrons. The van der Waals surface area contributed by atoms with E-state index in [-0.39, 0.29) is 5.69 Å². The van der Waals surface area contributed by atoms with Gasteiger partial charge in [-0.15, -0.1) is 0 Å². The van der Waals surface area contributed by atoms with Gasteiger partial charge in [0.2, 0.25) is 0 Å². The highest BCUT2D eigenvalue weighted by molar-refractivity contribution is 6.30. The lowest BCUT2D eigenvalue weighted by Gasteiger charge is -2.00. The highest BCUT2D eigenvalue weighted by atomic mass is 35.5. The third kappa shape index (κ3) is 3.22. The van der Waals surface area contributed by atoms with Crippen molar-refractivity contribution in [2.45, 2.75) is 0 Å². The van der Waals surface area contributed by atoms with Gasteiger partial charge in [0.15, 0.2) is 0 Å². The van der Waals surface area contributed by atoms with Crippen LogP contribution < -0.4 is 0 Å². The largest absolute Gasteiger partial charge is 0.270 e. The Morgan fingerprint density at radius 1 is 1.25 bits per heavy atom. The predicted molar refractivity (Wildman–Crippen MR) is 78.0 cm³/mol. The fourth-order valence-corrected chi connectivity index (χ4v) is 1.92. The molecule has 0 bridgehead atoms. The highest BCUT2D eigenvalue weighted by Crippen LogP contribution is 2.22. The van der Waals surface area contributed by atoms with Crippen molar-refractivity contribution in [3.8, 4) is 6.07 Å². The van der Waals surface area contributed by atoms with Gasteiger partial charge in [0.1, 0.15) is 0 Å². The molecule has 4 nitrogen and oxygen atoms in total. The maximum Gasteiger partial charge on any atom is 0.270 e. The minimum absolute atomic E-state index is 0.0119. The molecule has 0 aromatic heterocycles. The van der Waals surface area contributed by atoms with Crippen LogP contribution in [0.2, 0.25) is 5.02 Å². The minimum Gasteiger partial charge on any atom is -0.258 e. The van der Waals surface area contributed by atoms with Crippen LogP contribution in [-0.4, -0.2) is 4.92 Å². The first-order valence-corrected chi connectivity index (χ1v) is 6.10. The van der Waals surface area contributed by atoms with E-state index in [0.29, 0.717) is 21.7 Å². The molecule has 0 aliphatic heterocycles. The number of nitrogens with zero attached hydrogens (tertiary/aromatic N) is 2. The number of non-ortho nitro benzene ring substituents is 1. The first-order valence-electron chi connectivity index (χ1n) is 5.72. The van der Waals surface area contributed by atoms with E-state index in [2.05, 4.69) is 6.07 Å². The van der Waals surface area contributed by atoms with Gasteiger partial charge in [0.05, 0.1) is 16.6 Å². The zero-order chi connectivity index (χ0) is 14.5. The van der Waals surface area contributed by atoms with Crippen molar-refractivity contribution in [3.05, 3.63) is 74.8 Å². The molecular formula is C15H9ClN2O2. The van der Waals surface area contributed by atoms with E-state index in [4.69, 9.17) is 11.6 Å². The number of allylic oxidation sites excluding steroid dienone is 1. The number of hydrogen-bond donors (Lipinski definition) is 0. The number of hydrogen-bond acceptors (Lipinski definition) is 3. The van der Waals surface area contributed by atoms with Gasteiger partial charge in [-0.25, -0.2) is 0 Å². The van der Waals surface area contributed by atoms with Crippen molar-refractivity contribution >= 4 is 28.9 Å². The van der Waals surface area contributed by atoms with Crippen LogP contribution in [0.4, 0.5) is 5.69 Å². The van der Waals surface area contributed by atoms with Crippen LogP contribution in [0.25, 0.3) is 11.6 Å². The van der Waals surface area contributed by atoms with Gasteiger partial charge in [-0.05, 0) is 29.3 Å². The van der Waals surface area contributed by atoms with Crippen LogP contribution >= 0.6 is 11.6 Å². The average molecular weight is 285 g/mol. The summed E-state index contributed by atoms with van der Waals surface area (Å²) in [7, 11) is 0. The number of nitro groups is 1.